The Balaban J connectivity index is 1.47. The molecule has 0 aliphatic carbocycles. The molecule has 2 N–H and O–H groups in total. The smallest absolute Gasteiger partial charge is 0.224 e. The molecule has 33 heavy (non-hydrogen) atoms. The molecular weight excluding hydrogens is 414 g/mol. The van der Waals surface area contributed by atoms with Crippen LogP contribution in [-0.4, -0.2) is 30.1 Å². The summed E-state index contributed by atoms with van der Waals surface area (Å²) in [5.74, 6) is 2.00. The summed E-state index contributed by atoms with van der Waals surface area (Å²) in [6.45, 7) is 4.06. The van der Waals surface area contributed by atoms with Crippen molar-refractivity contribution in [1.29, 1.82) is 0 Å². The van der Waals surface area contributed by atoms with E-state index < -0.39 is 0 Å². The minimum Gasteiger partial charge on any atom is -0.493 e. The quantitative estimate of drug-likeness (QED) is 0.359. The number of benzene rings is 3. The lowest BCUT2D eigenvalue weighted by Crippen LogP contribution is -2.12. The molecule has 170 valence electrons. The van der Waals surface area contributed by atoms with E-state index in [1.54, 1.807) is 14.2 Å². The number of ether oxygens (including phenoxy) is 2. The summed E-state index contributed by atoms with van der Waals surface area (Å²) < 4.78 is 10.8. The highest BCUT2D eigenvalue weighted by Crippen LogP contribution is 2.33. The molecule has 1 amide bonds. The lowest BCUT2D eigenvalue weighted by atomic mass is 10.1. The molecule has 0 aliphatic rings. The van der Waals surface area contributed by atoms with Crippen LogP contribution in [0.1, 0.15) is 29.5 Å². The molecule has 0 radical (unpaired) electrons. The number of aryl methyl sites for hydroxylation is 3. The van der Waals surface area contributed by atoms with Gasteiger partial charge in [-0.3, -0.25) is 4.79 Å². The average molecular weight is 444 g/mol. The molecule has 0 saturated carbocycles. The Hall–Kier alpha value is -3.80. The molecule has 4 rings (SSSR count). The third-order valence-corrected chi connectivity index (χ3v) is 5.76. The summed E-state index contributed by atoms with van der Waals surface area (Å²) in [7, 11) is 3.21. The molecule has 1 aromatic heterocycles. The predicted molar refractivity (Wildman–Crippen MR) is 132 cm³/mol. The van der Waals surface area contributed by atoms with E-state index in [-0.39, 0.29) is 5.91 Å². The second kappa shape index (κ2) is 9.77. The number of aromatic amines is 1. The highest BCUT2D eigenvalue weighted by atomic mass is 16.5. The van der Waals surface area contributed by atoms with E-state index >= 15 is 0 Å². The lowest BCUT2D eigenvalue weighted by Gasteiger charge is -2.10. The molecule has 4 aromatic rings. The highest BCUT2D eigenvalue weighted by molar-refractivity contribution is 5.92. The van der Waals surface area contributed by atoms with E-state index in [0.29, 0.717) is 17.9 Å². The van der Waals surface area contributed by atoms with Gasteiger partial charge in [-0.2, -0.15) is 0 Å². The second-order valence-corrected chi connectivity index (χ2v) is 8.23. The van der Waals surface area contributed by atoms with Gasteiger partial charge < -0.3 is 19.8 Å². The first kappa shape index (κ1) is 22.4. The van der Waals surface area contributed by atoms with Gasteiger partial charge in [-0.05, 0) is 43.9 Å². The summed E-state index contributed by atoms with van der Waals surface area (Å²) in [4.78, 5) is 20.6. The molecular formula is C27H29N3O3. The Bertz CT molecular complexity index is 1240. The maximum atomic E-state index is 12.6. The van der Waals surface area contributed by atoms with Gasteiger partial charge in [0, 0.05) is 29.8 Å². The van der Waals surface area contributed by atoms with Crippen LogP contribution in [0, 0.1) is 13.8 Å². The molecule has 0 saturated heterocycles. The van der Waals surface area contributed by atoms with Crippen LogP contribution in [0.5, 0.6) is 11.5 Å². The van der Waals surface area contributed by atoms with Crippen LogP contribution in [0.2, 0.25) is 0 Å². The van der Waals surface area contributed by atoms with Crippen LogP contribution < -0.4 is 14.8 Å². The third kappa shape index (κ3) is 5.17. The number of H-pyrrole nitrogens is 1. The first-order chi connectivity index (χ1) is 16.0. The van der Waals surface area contributed by atoms with Crippen LogP contribution >= 0.6 is 0 Å². The molecule has 1 heterocycles. The lowest BCUT2D eigenvalue weighted by molar-refractivity contribution is -0.116. The van der Waals surface area contributed by atoms with Crippen LogP contribution in [0.25, 0.3) is 22.4 Å². The Morgan fingerprint density at radius 1 is 0.970 bits per heavy atom. The van der Waals surface area contributed by atoms with Gasteiger partial charge in [0.2, 0.25) is 5.91 Å². The number of carbonyl (C=O) groups excluding carboxylic acids is 1. The van der Waals surface area contributed by atoms with Crippen molar-refractivity contribution >= 4 is 22.6 Å². The van der Waals surface area contributed by atoms with E-state index in [4.69, 9.17) is 14.5 Å². The van der Waals surface area contributed by atoms with Gasteiger partial charge in [0.1, 0.15) is 5.82 Å². The van der Waals surface area contributed by atoms with Crippen LogP contribution in [0.3, 0.4) is 0 Å². The van der Waals surface area contributed by atoms with Gasteiger partial charge in [0.25, 0.3) is 0 Å². The standard InChI is InChI=1S/C27H29N3O3/c1-17-8-11-19(12-9-17)6-5-7-26(31)28-21-14-20(13-10-18(21)2)27-29-22-15-24(32-3)25(33-4)16-23(22)30-27/h8-16H,5-7H2,1-4H3,(H,28,31)(H,29,30). The number of amides is 1. The second-order valence-electron chi connectivity index (χ2n) is 8.23. The Kier molecular flexibility index (Phi) is 6.63. The summed E-state index contributed by atoms with van der Waals surface area (Å²) in [6.07, 6.45) is 2.17. The number of methoxy groups -OCH3 is 2. The Morgan fingerprint density at radius 3 is 2.42 bits per heavy atom. The van der Waals surface area contributed by atoms with Crippen LogP contribution in [0.4, 0.5) is 5.69 Å². The normalized spacial score (nSPS) is 10.9. The Morgan fingerprint density at radius 2 is 1.70 bits per heavy atom. The van der Waals surface area contributed by atoms with Crippen LogP contribution in [-0.2, 0) is 11.2 Å². The number of imidazole rings is 1. The number of hydrogen-bond donors (Lipinski definition) is 2. The number of rotatable bonds is 8. The van der Waals surface area contributed by atoms with E-state index in [1.165, 1.54) is 11.1 Å². The van der Waals surface area contributed by atoms with Crippen molar-refractivity contribution in [2.75, 3.05) is 19.5 Å². The highest BCUT2D eigenvalue weighted by Gasteiger charge is 2.13. The number of hydrogen-bond acceptors (Lipinski definition) is 4. The third-order valence-electron chi connectivity index (χ3n) is 5.76. The van der Waals surface area contributed by atoms with Crippen molar-refractivity contribution < 1.29 is 14.3 Å². The maximum absolute atomic E-state index is 12.6. The van der Waals surface area contributed by atoms with E-state index in [0.717, 1.165) is 46.5 Å². The van der Waals surface area contributed by atoms with Crippen molar-refractivity contribution in [2.45, 2.75) is 33.1 Å². The summed E-state index contributed by atoms with van der Waals surface area (Å²) in [6, 6.07) is 18.1. The molecule has 3 aromatic carbocycles. The minimum absolute atomic E-state index is 0.0152. The molecule has 0 atom stereocenters. The summed E-state index contributed by atoms with van der Waals surface area (Å²) >= 11 is 0. The largest absolute Gasteiger partial charge is 0.493 e. The van der Waals surface area contributed by atoms with Crippen molar-refractivity contribution in [3.63, 3.8) is 0 Å². The molecule has 0 spiro atoms. The number of fused-ring (bicyclic) bond motifs is 1. The minimum atomic E-state index is 0.0152. The molecule has 0 aliphatic heterocycles. The number of carbonyl (C=O) groups is 1. The predicted octanol–water partition coefficient (Wildman–Crippen LogP) is 5.83. The Labute approximate surface area is 194 Å². The fourth-order valence-electron chi connectivity index (χ4n) is 3.80. The SMILES string of the molecule is COc1cc2nc(-c3ccc(C)c(NC(=O)CCCc4ccc(C)cc4)c3)[nH]c2cc1OC. The number of nitrogens with zero attached hydrogens (tertiary/aromatic N) is 1. The zero-order valence-corrected chi connectivity index (χ0v) is 19.5. The first-order valence-corrected chi connectivity index (χ1v) is 11.0. The number of anilines is 1. The summed E-state index contributed by atoms with van der Waals surface area (Å²) in [5, 5.41) is 3.07. The van der Waals surface area contributed by atoms with Crippen LogP contribution in [0.15, 0.2) is 54.6 Å². The van der Waals surface area contributed by atoms with Gasteiger partial charge >= 0.3 is 0 Å². The van der Waals surface area contributed by atoms with Gasteiger partial charge in [-0.25, -0.2) is 4.98 Å². The fourth-order valence-corrected chi connectivity index (χ4v) is 3.80. The van der Waals surface area contributed by atoms with Gasteiger partial charge in [0.05, 0.1) is 25.3 Å². The van der Waals surface area contributed by atoms with Gasteiger partial charge in [-0.15, -0.1) is 0 Å². The zero-order chi connectivity index (χ0) is 23.4. The average Bonchev–Trinajstić information content (AvgIpc) is 3.23. The van der Waals surface area contributed by atoms with Gasteiger partial charge in [-0.1, -0.05) is 42.0 Å². The topological polar surface area (TPSA) is 76.2 Å². The maximum Gasteiger partial charge on any atom is 0.224 e. The molecule has 0 bridgehead atoms. The summed E-state index contributed by atoms with van der Waals surface area (Å²) in [5.41, 5.74) is 6.83. The van der Waals surface area contributed by atoms with Crippen molar-refractivity contribution in [3.05, 3.63) is 71.3 Å². The number of aromatic nitrogens is 2. The van der Waals surface area contributed by atoms with E-state index in [1.807, 2.05) is 37.3 Å². The van der Waals surface area contributed by atoms with Crippen molar-refractivity contribution in [2.24, 2.45) is 0 Å². The monoisotopic (exact) mass is 443 g/mol. The first-order valence-electron chi connectivity index (χ1n) is 11.0. The van der Waals surface area contributed by atoms with E-state index in [9.17, 15) is 4.79 Å². The molecule has 6 nitrogen and oxygen atoms in total. The zero-order valence-electron chi connectivity index (χ0n) is 19.5. The fraction of sp³-hybridized carbons (Fsp3) is 0.259. The van der Waals surface area contributed by atoms with E-state index in [2.05, 4.69) is 41.5 Å². The molecule has 6 heteroatoms. The van der Waals surface area contributed by atoms with Crippen molar-refractivity contribution in [1.82, 2.24) is 9.97 Å². The molecule has 0 fully saturated rings. The number of nitrogens with one attached hydrogen (secondary N) is 2. The van der Waals surface area contributed by atoms with Gasteiger partial charge in [0.15, 0.2) is 11.5 Å². The van der Waals surface area contributed by atoms with Crippen molar-refractivity contribution in [3.8, 4) is 22.9 Å². The molecule has 0 unspecified atom stereocenters.